The van der Waals surface area contributed by atoms with Gasteiger partial charge in [0.1, 0.15) is 17.2 Å². The normalized spacial score (nSPS) is 12.7. The van der Waals surface area contributed by atoms with Gasteiger partial charge in [-0.2, -0.15) is 13.5 Å². The summed E-state index contributed by atoms with van der Waals surface area (Å²) in [6.45, 7) is 6.12. The fourth-order valence-electron chi connectivity index (χ4n) is 4.07. The van der Waals surface area contributed by atoms with E-state index < -0.39 is 10.1 Å². The molecule has 0 bridgehead atoms. The van der Waals surface area contributed by atoms with Crippen LogP contribution in [0.2, 0.25) is 0 Å². The molecular weight excluding hydrogens is 462 g/mol. The van der Waals surface area contributed by atoms with Crippen LogP contribution in [0.1, 0.15) is 64.4 Å². The average molecular weight is 496 g/mol. The Hall–Kier alpha value is -2.97. The van der Waals surface area contributed by atoms with Crippen molar-refractivity contribution in [1.29, 1.82) is 0 Å². The molecule has 0 unspecified atom stereocenters. The topological polar surface area (TPSA) is 81.6 Å². The lowest BCUT2D eigenvalue weighted by Crippen LogP contribution is -2.27. The van der Waals surface area contributed by atoms with Gasteiger partial charge >= 0.3 is 0 Å². The van der Waals surface area contributed by atoms with Gasteiger partial charge in [0, 0.05) is 17.7 Å². The van der Waals surface area contributed by atoms with Gasteiger partial charge in [0.2, 0.25) is 0 Å². The van der Waals surface area contributed by atoms with Gasteiger partial charge in [0.15, 0.2) is 11.5 Å². The Labute approximate surface area is 208 Å². The van der Waals surface area contributed by atoms with Gasteiger partial charge in [0.25, 0.3) is 10.1 Å². The number of nitrogens with zero attached hydrogens (tertiary/aromatic N) is 3. The average Bonchev–Trinajstić information content (AvgIpc) is 2.85. The van der Waals surface area contributed by atoms with Gasteiger partial charge < -0.3 is 4.74 Å². The molecule has 8 heteroatoms. The predicted molar refractivity (Wildman–Crippen MR) is 139 cm³/mol. The molecule has 1 aliphatic rings. The summed E-state index contributed by atoms with van der Waals surface area (Å²) in [6.07, 6.45) is 6.29. The molecular formula is C27H33N3O4S. The van der Waals surface area contributed by atoms with Crippen LogP contribution in [0, 0.1) is 0 Å². The van der Waals surface area contributed by atoms with Crippen LogP contribution in [-0.2, 0) is 27.2 Å². The second-order valence-corrected chi connectivity index (χ2v) is 10.4. The van der Waals surface area contributed by atoms with Gasteiger partial charge in [-0.1, -0.05) is 57.9 Å². The second-order valence-electron chi connectivity index (χ2n) is 8.72. The molecule has 0 N–H and O–H groups in total. The van der Waals surface area contributed by atoms with Gasteiger partial charge in [-0.3, -0.25) is 0 Å². The van der Waals surface area contributed by atoms with E-state index in [0.29, 0.717) is 29.3 Å². The molecule has 35 heavy (non-hydrogen) atoms. The molecule has 2 heterocycles. The van der Waals surface area contributed by atoms with E-state index in [4.69, 9.17) is 19.0 Å². The molecule has 7 nitrogen and oxygen atoms in total. The van der Waals surface area contributed by atoms with Gasteiger partial charge in [-0.25, -0.2) is 9.97 Å². The first kappa shape index (κ1) is 25.1. The molecule has 0 fully saturated rings. The number of anilines is 2. The number of para-hydroxylation sites is 3. The number of rotatable bonds is 11. The van der Waals surface area contributed by atoms with E-state index >= 15 is 0 Å². The predicted octanol–water partition coefficient (Wildman–Crippen LogP) is 6.74. The highest BCUT2D eigenvalue weighted by Crippen LogP contribution is 2.51. The van der Waals surface area contributed by atoms with Gasteiger partial charge in [0.05, 0.1) is 11.4 Å². The Morgan fingerprint density at radius 3 is 2.40 bits per heavy atom. The molecule has 0 atom stereocenters. The van der Waals surface area contributed by atoms with Crippen LogP contribution in [-0.4, -0.2) is 24.1 Å². The van der Waals surface area contributed by atoms with Crippen molar-refractivity contribution >= 4 is 21.5 Å². The summed E-state index contributed by atoms with van der Waals surface area (Å²) in [5, 5.41) is 1.38. The quantitative estimate of drug-likeness (QED) is 0.291. The maximum absolute atomic E-state index is 12.8. The van der Waals surface area contributed by atoms with Crippen LogP contribution in [0.4, 0.5) is 11.4 Å². The van der Waals surface area contributed by atoms with E-state index in [1.54, 1.807) is 12.1 Å². The van der Waals surface area contributed by atoms with Crippen molar-refractivity contribution in [2.45, 2.75) is 65.7 Å². The standard InChI is InChI=1S/C27H33N3O4S/c1-4-7-12-20-19-22(29-26(28-20)17-8-5-2)21-13-11-16-25-27(21)30(34-35(31,32)18-6-3)23-14-9-10-15-24(23)33-25/h9-11,13-16,19H,4-8,12,17-18H2,1-3H3. The van der Waals surface area contributed by atoms with E-state index in [2.05, 4.69) is 13.8 Å². The maximum Gasteiger partial charge on any atom is 0.288 e. The lowest BCUT2D eigenvalue weighted by atomic mass is 10.0. The smallest absolute Gasteiger partial charge is 0.288 e. The van der Waals surface area contributed by atoms with Crippen molar-refractivity contribution in [3.63, 3.8) is 0 Å². The van der Waals surface area contributed by atoms with Crippen LogP contribution in [0.15, 0.2) is 48.5 Å². The third-order valence-electron chi connectivity index (χ3n) is 5.79. The molecule has 0 saturated carbocycles. The highest BCUT2D eigenvalue weighted by atomic mass is 32.2. The minimum atomic E-state index is -3.82. The zero-order chi connectivity index (χ0) is 24.8. The van der Waals surface area contributed by atoms with E-state index in [-0.39, 0.29) is 5.75 Å². The summed E-state index contributed by atoms with van der Waals surface area (Å²) in [5.74, 6) is 1.76. The summed E-state index contributed by atoms with van der Waals surface area (Å²) in [6, 6.07) is 14.9. The first-order chi connectivity index (χ1) is 17.0. The van der Waals surface area contributed by atoms with Crippen molar-refractivity contribution in [3.8, 4) is 22.8 Å². The molecule has 0 saturated heterocycles. The Bertz CT molecular complexity index is 1250. The number of hydrogen-bond acceptors (Lipinski definition) is 7. The Balaban J connectivity index is 1.87. The van der Waals surface area contributed by atoms with Gasteiger partial charge in [-0.15, -0.1) is 4.28 Å². The van der Waals surface area contributed by atoms with E-state index in [1.165, 1.54) is 5.06 Å². The second kappa shape index (κ2) is 11.2. The molecule has 1 aliphatic heterocycles. The van der Waals surface area contributed by atoms with Crippen molar-refractivity contribution in [2.75, 3.05) is 10.8 Å². The van der Waals surface area contributed by atoms with Crippen LogP contribution >= 0.6 is 0 Å². The van der Waals surface area contributed by atoms with E-state index in [0.717, 1.165) is 61.3 Å². The Kier molecular flexibility index (Phi) is 8.03. The fourth-order valence-corrected chi connectivity index (χ4v) is 5.03. The van der Waals surface area contributed by atoms with Crippen LogP contribution in [0.5, 0.6) is 11.5 Å². The van der Waals surface area contributed by atoms with Gasteiger partial charge in [-0.05, 0) is 49.9 Å². The summed E-state index contributed by atoms with van der Waals surface area (Å²) >= 11 is 0. The maximum atomic E-state index is 12.8. The molecule has 0 radical (unpaired) electrons. The van der Waals surface area contributed by atoms with Crippen molar-refractivity contribution in [2.24, 2.45) is 0 Å². The molecule has 0 amide bonds. The third-order valence-corrected chi connectivity index (χ3v) is 7.07. The number of benzene rings is 2. The molecule has 1 aromatic heterocycles. The van der Waals surface area contributed by atoms with Crippen molar-refractivity contribution < 1.29 is 17.4 Å². The van der Waals surface area contributed by atoms with Crippen LogP contribution < -0.4 is 9.80 Å². The Morgan fingerprint density at radius 1 is 0.886 bits per heavy atom. The number of unbranched alkanes of at least 4 members (excludes halogenated alkanes) is 2. The summed E-state index contributed by atoms with van der Waals surface area (Å²) < 4.78 is 37.4. The number of fused-ring (bicyclic) bond motifs is 2. The van der Waals surface area contributed by atoms with Crippen molar-refractivity contribution in [3.05, 3.63) is 60.0 Å². The zero-order valence-electron chi connectivity index (χ0n) is 20.7. The largest absolute Gasteiger partial charge is 0.453 e. The number of hydrogen-bond donors (Lipinski definition) is 0. The zero-order valence-corrected chi connectivity index (χ0v) is 21.5. The first-order valence-electron chi connectivity index (χ1n) is 12.4. The van der Waals surface area contributed by atoms with E-state index in [9.17, 15) is 8.42 Å². The molecule has 4 rings (SSSR count). The van der Waals surface area contributed by atoms with E-state index in [1.807, 2.05) is 43.3 Å². The van der Waals surface area contributed by atoms with Crippen LogP contribution in [0.25, 0.3) is 11.3 Å². The summed E-state index contributed by atoms with van der Waals surface area (Å²) in [7, 11) is -3.82. The Morgan fingerprint density at radius 2 is 1.63 bits per heavy atom. The summed E-state index contributed by atoms with van der Waals surface area (Å²) in [4.78, 5) is 9.68. The lowest BCUT2D eigenvalue weighted by molar-refractivity contribution is 0.308. The van der Waals surface area contributed by atoms with Crippen LogP contribution in [0.3, 0.4) is 0 Å². The minimum Gasteiger partial charge on any atom is -0.453 e. The molecule has 0 aliphatic carbocycles. The SMILES string of the molecule is CCCCc1cc(-c2cccc3c2N(OS(=O)(=O)CCC)c2ccccc2O3)nc(CCCC)n1. The third kappa shape index (κ3) is 5.82. The molecule has 3 aromatic rings. The number of ether oxygens (including phenoxy) is 1. The monoisotopic (exact) mass is 495 g/mol. The fraction of sp³-hybridized carbons (Fsp3) is 0.407. The highest BCUT2D eigenvalue weighted by Gasteiger charge is 2.32. The van der Waals surface area contributed by atoms with Crippen molar-refractivity contribution in [1.82, 2.24) is 9.97 Å². The highest BCUT2D eigenvalue weighted by molar-refractivity contribution is 7.86. The minimum absolute atomic E-state index is 0.0835. The number of aromatic nitrogens is 2. The lowest BCUT2D eigenvalue weighted by Gasteiger charge is -2.32. The molecule has 0 spiro atoms. The molecule has 2 aromatic carbocycles. The summed E-state index contributed by atoms with van der Waals surface area (Å²) in [5.41, 5.74) is 3.51. The molecule has 186 valence electrons. The number of aryl methyl sites for hydroxylation is 2. The first-order valence-corrected chi connectivity index (χ1v) is 14.0.